The molecule has 0 radical (unpaired) electrons. The molecule has 1 aromatic carbocycles. The molecule has 192 valence electrons. The van der Waals surface area contributed by atoms with E-state index in [0.717, 1.165) is 58.4 Å². The minimum Gasteiger partial charge on any atom is -0.377 e. The van der Waals surface area contributed by atoms with Crippen LogP contribution in [0.3, 0.4) is 0 Å². The Morgan fingerprint density at radius 1 is 1.22 bits per heavy atom. The van der Waals surface area contributed by atoms with Gasteiger partial charge in [-0.2, -0.15) is 5.10 Å². The first-order chi connectivity index (χ1) is 17.8. The van der Waals surface area contributed by atoms with Gasteiger partial charge in [0.2, 0.25) is 6.41 Å². The molecule has 0 atom stereocenters. The van der Waals surface area contributed by atoms with E-state index in [1.165, 1.54) is 5.57 Å². The van der Waals surface area contributed by atoms with Crippen LogP contribution in [0.1, 0.15) is 37.8 Å². The minimum atomic E-state index is 0.283. The minimum absolute atomic E-state index is 0.283. The fraction of sp³-hybridized carbons (Fsp3) is 0.357. The smallest absolute Gasteiger partial charge is 0.215 e. The molecular weight excluding hydrogens is 486 g/mol. The van der Waals surface area contributed by atoms with Crippen molar-refractivity contribution < 1.29 is 4.79 Å². The first-order valence-electron chi connectivity index (χ1n) is 12.5. The third kappa shape index (κ3) is 4.85. The van der Waals surface area contributed by atoms with Crippen molar-refractivity contribution in [3.63, 3.8) is 0 Å². The maximum atomic E-state index is 12.4. The van der Waals surface area contributed by atoms with E-state index in [4.69, 9.17) is 16.7 Å². The average Bonchev–Trinajstić information content (AvgIpc) is 3.50. The van der Waals surface area contributed by atoms with Crippen molar-refractivity contribution in [1.29, 1.82) is 0 Å². The number of imidazole rings is 1. The van der Waals surface area contributed by atoms with Gasteiger partial charge in [0.25, 0.3) is 0 Å². The van der Waals surface area contributed by atoms with Crippen molar-refractivity contribution in [3.05, 3.63) is 64.7 Å². The lowest BCUT2D eigenvalue weighted by atomic mass is 10.1. The van der Waals surface area contributed by atoms with Gasteiger partial charge in [0, 0.05) is 50.0 Å². The fourth-order valence-electron chi connectivity index (χ4n) is 4.89. The number of hydrogen-bond donors (Lipinski definition) is 0. The molecule has 9 heteroatoms. The monoisotopic (exact) mass is 517 g/mol. The number of benzene rings is 1. The summed E-state index contributed by atoms with van der Waals surface area (Å²) < 4.78 is 4.00. The van der Waals surface area contributed by atoms with Crippen LogP contribution in [0, 0.1) is 5.92 Å². The highest BCUT2D eigenvalue weighted by atomic mass is 35.5. The number of aromatic nitrogens is 5. The Morgan fingerprint density at radius 2 is 2.00 bits per heavy atom. The van der Waals surface area contributed by atoms with Gasteiger partial charge >= 0.3 is 0 Å². The number of aryl methyl sites for hydroxylation is 1. The normalized spacial score (nSPS) is 12.9. The standard InChI is InChI=1S/C28H32ClN7O/c1-18(2)14-35(17-37)28-25(26(33(3)4)19-6-7-19)27(24-13-30-16-34(24)5)36(32-28)15-20-10-11-31-23-9-8-21(29)12-22(20)23/h8-13,16-18H,6-7,14-15H2,1-5H3. The van der Waals surface area contributed by atoms with Gasteiger partial charge in [0.05, 0.1) is 41.5 Å². The van der Waals surface area contributed by atoms with Crippen LogP contribution in [0.4, 0.5) is 5.82 Å². The summed E-state index contributed by atoms with van der Waals surface area (Å²) in [6, 6.07) is 7.74. The molecule has 1 saturated carbocycles. The zero-order valence-corrected chi connectivity index (χ0v) is 22.7. The van der Waals surface area contributed by atoms with Gasteiger partial charge in [0.15, 0.2) is 5.82 Å². The van der Waals surface area contributed by atoms with Gasteiger partial charge in [-0.15, -0.1) is 0 Å². The summed E-state index contributed by atoms with van der Waals surface area (Å²) in [6.45, 7) is 5.27. The van der Waals surface area contributed by atoms with Crippen molar-refractivity contribution in [2.24, 2.45) is 13.0 Å². The van der Waals surface area contributed by atoms with E-state index in [0.29, 0.717) is 23.9 Å². The molecule has 1 aliphatic rings. The zero-order chi connectivity index (χ0) is 26.3. The number of nitrogens with zero attached hydrogens (tertiary/aromatic N) is 7. The van der Waals surface area contributed by atoms with Crippen molar-refractivity contribution in [3.8, 4) is 11.4 Å². The lowest BCUT2D eigenvalue weighted by molar-refractivity contribution is -0.107. The molecule has 8 nitrogen and oxygen atoms in total. The lowest BCUT2D eigenvalue weighted by Crippen LogP contribution is -2.28. The van der Waals surface area contributed by atoms with Gasteiger partial charge in [-0.1, -0.05) is 25.4 Å². The van der Waals surface area contributed by atoms with Crippen LogP contribution < -0.4 is 4.90 Å². The van der Waals surface area contributed by atoms with Gasteiger partial charge in [0.1, 0.15) is 0 Å². The summed E-state index contributed by atoms with van der Waals surface area (Å²) in [7, 11) is 6.09. The summed E-state index contributed by atoms with van der Waals surface area (Å²) in [6.07, 6.45) is 8.46. The Balaban J connectivity index is 1.79. The van der Waals surface area contributed by atoms with Crippen LogP contribution in [-0.2, 0) is 18.4 Å². The van der Waals surface area contributed by atoms with E-state index in [2.05, 4.69) is 42.8 Å². The number of anilines is 1. The van der Waals surface area contributed by atoms with Gasteiger partial charge in [-0.05, 0) is 54.2 Å². The Morgan fingerprint density at radius 3 is 2.62 bits per heavy atom. The Bertz CT molecular complexity index is 1490. The summed E-state index contributed by atoms with van der Waals surface area (Å²) in [5.41, 5.74) is 7.23. The van der Waals surface area contributed by atoms with Gasteiger partial charge < -0.3 is 9.47 Å². The van der Waals surface area contributed by atoms with Crippen LogP contribution in [0.25, 0.3) is 28.0 Å². The average molecular weight is 518 g/mol. The van der Waals surface area contributed by atoms with Gasteiger partial charge in [-0.25, -0.2) is 4.98 Å². The third-order valence-electron chi connectivity index (χ3n) is 6.59. The van der Waals surface area contributed by atoms with Crippen LogP contribution in [0.5, 0.6) is 0 Å². The largest absolute Gasteiger partial charge is 0.377 e. The first-order valence-corrected chi connectivity index (χ1v) is 12.9. The van der Waals surface area contributed by atoms with Crippen molar-refractivity contribution >= 4 is 40.4 Å². The molecule has 1 amide bonds. The third-order valence-corrected chi connectivity index (χ3v) is 6.82. The molecule has 0 saturated heterocycles. The molecule has 1 aliphatic carbocycles. The number of carbonyl (C=O) groups excluding carboxylic acids is 1. The molecular formula is C28H32ClN7O. The Hall–Kier alpha value is -3.65. The summed E-state index contributed by atoms with van der Waals surface area (Å²) in [4.78, 5) is 25.2. The van der Waals surface area contributed by atoms with Gasteiger partial charge in [-0.3, -0.25) is 19.4 Å². The molecule has 0 N–H and O–H groups in total. The number of fused-ring (bicyclic) bond motifs is 1. The topological polar surface area (TPSA) is 72.1 Å². The van der Waals surface area contributed by atoms with Crippen LogP contribution >= 0.6 is 11.6 Å². The number of carbonyl (C=O) groups is 1. The Kier molecular flexibility index (Phi) is 6.77. The van der Waals surface area contributed by atoms with Crippen LogP contribution in [-0.4, -0.2) is 56.3 Å². The molecule has 3 aromatic heterocycles. The van der Waals surface area contributed by atoms with Crippen molar-refractivity contribution in [2.75, 3.05) is 25.5 Å². The molecule has 5 rings (SSSR count). The number of allylic oxidation sites excluding steroid dienone is 1. The highest BCUT2D eigenvalue weighted by Crippen LogP contribution is 2.44. The SMILES string of the molecule is CC(C)CN(C=O)c1nn(Cc2ccnc3ccc(Cl)cc23)c(-c2cncn2C)c1C(=C1CC1)N(C)C. The van der Waals surface area contributed by atoms with E-state index in [-0.39, 0.29) is 5.92 Å². The van der Waals surface area contributed by atoms with Crippen LogP contribution in [0.2, 0.25) is 5.02 Å². The molecule has 0 bridgehead atoms. The molecule has 37 heavy (non-hydrogen) atoms. The fourth-order valence-corrected chi connectivity index (χ4v) is 5.06. The molecule has 0 unspecified atom stereocenters. The first kappa shape index (κ1) is 25.0. The number of rotatable bonds is 9. The zero-order valence-electron chi connectivity index (χ0n) is 21.9. The maximum Gasteiger partial charge on any atom is 0.215 e. The van der Waals surface area contributed by atoms with E-state index in [1.807, 2.05) is 53.0 Å². The van der Waals surface area contributed by atoms with Crippen LogP contribution in [0.15, 0.2) is 48.6 Å². The quantitative estimate of drug-likeness (QED) is 0.285. The van der Waals surface area contributed by atoms with Crippen molar-refractivity contribution in [1.82, 2.24) is 29.2 Å². The predicted molar refractivity (Wildman–Crippen MR) is 148 cm³/mol. The highest BCUT2D eigenvalue weighted by molar-refractivity contribution is 6.31. The number of halogens is 1. The van der Waals surface area contributed by atoms with E-state index in [9.17, 15) is 4.79 Å². The number of pyridine rings is 1. The second-order valence-corrected chi connectivity index (χ2v) is 10.7. The van der Waals surface area contributed by atoms with Crippen molar-refractivity contribution in [2.45, 2.75) is 33.2 Å². The van der Waals surface area contributed by atoms with E-state index in [1.54, 1.807) is 11.2 Å². The molecule has 4 aromatic rings. The second kappa shape index (κ2) is 10.0. The molecule has 1 fully saturated rings. The highest BCUT2D eigenvalue weighted by Gasteiger charge is 2.32. The Labute approximate surface area is 222 Å². The maximum absolute atomic E-state index is 12.4. The summed E-state index contributed by atoms with van der Waals surface area (Å²) in [5.74, 6) is 0.949. The predicted octanol–water partition coefficient (Wildman–Crippen LogP) is 5.22. The van der Waals surface area contributed by atoms with E-state index >= 15 is 0 Å². The molecule has 3 heterocycles. The number of hydrogen-bond acceptors (Lipinski definition) is 5. The second-order valence-electron chi connectivity index (χ2n) is 10.2. The lowest BCUT2D eigenvalue weighted by Gasteiger charge is -2.23. The number of amides is 1. The molecule has 0 spiro atoms. The summed E-state index contributed by atoms with van der Waals surface area (Å²) in [5, 5.41) is 6.76. The summed E-state index contributed by atoms with van der Waals surface area (Å²) >= 11 is 6.36. The molecule has 0 aliphatic heterocycles. The van der Waals surface area contributed by atoms with E-state index < -0.39 is 0 Å².